The predicted molar refractivity (Wildman–Crippen MR) is 72.6 cm³/mol. The topological polar surface area (TPSA) is 43.1 Å². The summed E-state index contributed by atoms with van der Waals surface area (Å²) in [5, 5.41) is 0. The van der Waals surface area contributed by atoms with Gasteiger partial charge in [0.15, 0.2) is 0 Å². The van der Waals surface area contributed by atoms with Gasteiger partial charge in [0.05, 0.1) is 5.41 Å². The molecule has 0 aromatic rings. The van der Waals surface area contributed by atoms with Crippen LogP contribution in [0.5, 0.6) is 0 Å². The van der Waals surface area contributed by atoms with Crippen LogP contribution in [0.2, 0.25) is 0 Å². The lowest BCUT2D eigenvalue weighted by Crippen LogP contribution is -2.37. The predicted octanol–water partition coefficient (Wildman–Crippen LogP) is 3.95. The van der Waals surface area contributed by atoms with Crippen molar-refractivity contribution in [1.82, 2.24) is 0 Å². The van der Waals surface area contributed by atoms with E-state index >= 15 is 0 Å². The highest BCUT2D eigenvalue weighted by Crippen LogP contribution is 2.37. The lowest BCUT2D eigenvalue weighted by molar-refractivity contribution is -0.128. The molecular formula is C15H27NO. The molecule has 0 aromatic heterocycles. The van der Waals surface area contributed by atoms with Crippen molar-refractivity contribution in [2.24, 2.45) is 11.1 Å². The smallest absolute Gasteiger partial charge is 0.223 e. The summed E-state index contributed by atoms with van der Waals surface area (Å²) in [5.41, 5.74) is 5.37. The van der Waals surface area contributed by atoms with Gasteiger partial charge < -0.3 is 5.73 Å². The van der Waals surface area contributed by atoms with Crippen molar-refractivity contribution in [2.75, 3.05) is 0 Å². The van der Waals surface area contributed by atoms with Crippen LogP contribution in [0.15, 0.2) is 12.2 Å². The van der Waals surface area contributed by atoms with Crippen molar-refractivity contribution in [2.45, 2.75) is 71.1 Å². The van der Waals surface area contributed by atoms with Gasteiger partial charge in [0.1, 0.15) is 0 Å². The van der Waals surface area contributed by atoms with Crippen LogP contribution < -0.4 is 5.73 Å². The zero-order valence-corrected chi connectivity index (χ0v) is 11.2. The molecule has 0 heterocycles. The largest absolute Gasteiger partial charge is 0.369 e. The van der Waals surface area contributed by atoms with Crippen molar-refractivity contribution in [1.29, 1.82) is 0 Å². The molecule has 2 nitrogen and oxygen atoms in total. The van der Waals surface area contributed by atoms with Gasteiger partial charge in [-0.1, -0.05) is 57.6 Å². The van der Waals surface area contributed by atoms with Gasteiger partial charge in [-0.05, 0) is 25.7 Å². The van der Waals surface area contributed by atoms with Gasteiger partial charge in [-0.2, -0.15) is 0 Å². The second-order valence-corrected chi connectivity index (χ2v) is 5.38. The number of nitrogens with two attached hydrogens (primary N) is 1. The zero-order chi connectivity index (χ0) is 12.6. The maximum absolute atomic E-state index is 11.6. The molecule has 1 rings (SSSR count). The van der Waals surface area contributed by atoms with Crippen molar-refractivity contribution in [3.8, 4) is 0 Å². The van der Waals surface area contributed by atoms with E-state index in [1.165, 1.54) is 32.1 Å². The Balaban J connectivity index is 2.26. The van der Waals surface area contributed by atoms with E-state index in [4.69, 9.17) is 5.73 Å². The molecule has 0 saturated heterocycles. The lowest BCUT2D eigenvalue weighted by Gasteiger charge is -2.31. The maximum Gasteiger partial charge on any atom is 0.223 e. The minimum absolute atomic E-state index is 0.0876. The minimum atomic E-state index is -0.223. The number of allylic oxidation sites excluding steroid dienone is 2. The highest BCUT2D eigenvalue weighted by Gasteiger charge is 2.35. The molecular weight excluding hydrogens is 210 g/mol. The lowest BCUT2D eigenvalue weighted by atomic mass is 9.73. The molecule has 0 fully saturated rings. The summed E-state index contributed by atoms with van der Waals surface area (Å²) >= 11 is 0. The number of primary amides is 1. The van der Waals surface area contributed by atoms with Crippen LogP contribution in [0.3, 0.4) is 0 Å². The zero-order valence-electron chi connectivity index (χ0n) is 11.2. The fraction of sp³-hybridized carbons (Fsp3) is 0.800. The molecule has 17 heavy (non-hydrogen) atoms. The molecule has 0 spiro atoms. The van der Waals surface area contributed by atoms with Crippen LogP contribution in [-0.4, -0.2) is 5.91 Å². The van der Waals surface area contributed by atoms with Gasteiger partial charge in [-0.15, -0.1) is 0 Å². The van der Waals surface area contributed by atoms with Gasteiger partial charge in [-0.25, -0.2) is 0 Å². The third kappa shape index (κ3) is 4.53. The highest BCUT2D eigenvalue weighted by atomic mass is 16.1. The van der Waals surface area contributed by atoms with E-state index in [2.05, 4.69) is 19.1 Å². The van der Waals surface area contributed by atoms with E-state index < -0.39 is 0 Å². The number of hydrogen-bond acceptors (Lipinski definition) is 1. The van der Waals surface area contributed by atoms with Gasteiger partial charge in [0.2, 0.25) is 5.91 Å². The van der Waals surface area contributed by atoms with Crippen molar-refractivity contribution >= 4 is 5.91 Å². The molecule has 98 valence electrons. The van der Waals surface area contributed by atoms with E-state index in [0.717, 1.165) is 32.1 Å². The van der Waals surface area contributed by atoms with E-state index in [0.29, 0.717) is 0 Å². The summed E-state index contributed by atoms with van der Waals surface area (Å²) in [6, 6.07) is 0. The van der Waals surface area contributed by atoms with E-state index in [1.807, 2.05) is 0 Å². The highest BCUT2D eigenvalue weighted by molar-refractivity contribution is 5.81. The first-order valence-electron chi connectivity index (χ1n) is 7.16. The first kappa shape index (κ1) is 14.3. The van der Waals surface area contributed by atoms with Crippen LogP contribution >= 0.6 is 0 Å². The Labute approximate surface area is 106 Å². The van der Waals surface area contributed by atoms with Gasteiger partial charge >= 0.3 is 0 Å². The summed E-state index contributed by atoms with van der Waals surface area (Å²) in [7, 11) is 0. The fourth-order valence-electron chi connectivity index (χ4n) is 2.71. The first-order chi connectivity index (χ1) is 8.21. The third-order valence-corrected chi connectivity index (χ3v) is 4.00. The van der Waals surface area contributed by atoms with Crippen molar-refractivity contribution < 1.29 is 4.79 Å². The quantitative estimate of drug-likeness (QED) is 0.504. The Morgan fingerprint density at radius 3 is 2.47 bits per heavy atom. The average molecular weight is 237 g/mol. The van der Waals surface area contributed by atoms with Crippen LogP contribution in [0, 0.1) is 5.41 Å². The maximum atomic E-state index is 11.6. The van der Waals surface area contributed by atoms with Gasteiger partial charge in [0, 0.05) is 0 Å². The number of carbonyl (C=O) groups is 1. The van der Waals surface area contributed by atoms with E-state index in [-0.39, 0.29) is 11.3 Å². The van der Waals surface area contributed by atoms with Crippen LogP contribution in [0.4, 0.5) is 0 Å². The minimum Gasteiger partial charge on any atom is -0.369 e. The number of unbranched alkanes of at least 4 members (excludes halogenated alkanes) is 5. The third-order valence-electron chi connectivity index (χ3n) is 4.00. The summed E-state index contributed by atoms with van der Waals surface area (Å²) in [6.07, 6.45) is 15.8. The molecule has 0 aromatic carbocycles. The Hall–Kier alpha value is -0.790. The van der Waals surface area contributed by atoms with Crippen LogP contribution in [-0.2, 0) is 4.79 Å². The monoisotopic (exact) mass is 237 g/mol. The molecule has 1 amide bonds. The second kappa shape index (κ2) is 7.52. The van der Waals surface area contributed by atoms with Gasteiger partial charge in [0.25, 0.3) is 0 Å². The van der Waals surface area contributed by atoms with Crippen molar-refractivity contribution in [3.63, 3.8) is 0 Å². The normalized spacial score (nSPS) is 23.8. The summed E-state index contributed by atoms with van der Waals surface area (Å²) in [5.74, 6) is -0.0876. The molecule has 2 heteroatoms. The Morgan fingerprint density at radius 1 is 1.18 bits per heavy atom. The average Bonchev–Trinajstić information content (AvgIpc) is 2.34. The Bertz CT molecular complexity index is 260. The van der Waals surface area contributed by atoms with Gasteiger partial charge in [-0.3, -0.25) is 4.79 Å². The number of carbonyl (C=O) groups excluding carboxylic acids is 1. The molecule has 1 unspecified atom stereocenters. The molecule has 0 saturated carbocycles. The molecule has 2 N–H and O–H groups in total. The fourth-order valence-corrected chi connectivity index (χ4v) is 2.71. The number of hydrogen-bond donors (Lipinski definition) is 1. The molecule has 1 atom stereocenters. The Morgan fingerprint density at radius 2 is 1.88 bits per heavy atom. The summed E-state index contributed by atoms with van der Waals surface area (Å²) < 4.78 is 0. The number of rotatable bonds is 8. The van der Waals surface area contributed by atoms with Crippen LogP contribution in [0.25, 0.3) is 0 Å². The molecule has 0 radical (unpaired) electrons. The summed E-state index contributed by atoms with van der Waals surface area (Å²) in [6.45, 7) is 2.23. The first-order valence-corrected chi connectivity index (χ1v) is 7.16. The molecule has 0 bridgehead atoms. The van der Waals surface area contributed by atoms with Crippen LogP contribution in [0.1, 0.15) is 71.1 Å². The van der Waals surface area contributed by atoms with E-state index in [1.54, 1.807) is 0 Å². The Kier molecular flexibility index (Phi) is 6.31. The molecule has 1 aliphatic carbocycles. The summed E-state index contributed by atoms with van der Waals surface area (Å²) in [4.78, 5) is 11.6. The van der Waals surface area contributed by atoms with Crippen molar-refractivity contribution in [3.05, 3.63) is 12.2 Å². The number of amides is 1. The second-order valence-electron chi connectivity index (χ2n) is 5.38. The standard InChI is InChI=1S/C15H27NO/c1-2-3-4-5-6-8-11-15(14(16)17)12-9-7-10-13-15/h7,9H,2-6,8,10-13H2,1H3,(H2,16,17). The van der Waals surface area contributed by atoms with E-state index in [9.17, 15) is 4.79 Å². The SMILES string of the molecule is CCCCCCCCC1(C(N)=O)CC=CCC1. The molecule has 0 aliphatic heterocycles. The molecule has 1 aliphatic rings.